The van der Waals surface area contributed by atoms with Crippen molar-refractivity contribution in [1.29, 1.82) is 0 Å². The molecule has 5 nitrogen and oxygen atoms in total. The fourth-order valence-corrected chi connectivity index (χ4v) is 4.53. The first-order valence-electron chi connectivity index (χ1n) is 9.58. The summed E-state index contributed by atoms with van der Waals surface area (Å²) in [5.74, 6) is -0.483. The average Bonchev–Trinajstić information content (AvgIpc) is 2.64. The maximum Gasteiger partial charge on any atom is 0.303 e. The van der Waals surface area contributed by atoms with E-state index in [1.807, 2.05) is 36.4 Å². The van der Waals surface area contributed by atoms with E-state index in [9.17, 15) is 13.2 Å². The van der Waals surface area contributed by atoms with Gasteiger partial charge in [0.05, 0.1) is 0 Å². The molecule has 0 aliphatic heterocycles. The van der Waals surface area contributed by atoms with Gasteiger partial charge in [0.15, 0.2) is 0 Å². The third-order valence-electron chi connectivity index (χ3n) is 4.83. The molecule has 0 saturated heterocycles. The normalized spacial score (nSPS) is 21.0. The number of carboxylic acids is 1. The van der Waals surface area contributed by atoms with Crippen molar-refractivity contribution >= 4 is 22.1 Å². The number of allylic oxidation sites excluding steroid dienone is 2. The van der Waals surface area contributed by atoms with Gasteiger partial charge in [-0.25, -0.2) is 13.1 Å². The van der Waals surface area contributed by atoms with Gasteiger partial charge < -0.3 is 5.11 Å². The van der Waals surface area contributed by atoms with E-state index in [4.69, 9.17) is 5.11 Å². The lowest BCUT2D eigenvalue weighted by Crippen LogP contribution is -2.41. The summed E-state index contributed by atoms with van der Waals surface area (Å²) in [5.41, 5.74) is 0.854. The van der Waals surface area contributed by atoms with Crippen LogP contribution in [0, 0.1) is 5.92 Å². The lowest BCUT2D eigenvalue weighted by atomic mass is 9.83. The fourth-order valence-electron chi connectivity index (χ4n) is 3.39. The Morgan fingerprint density at radius 1 is 1.15 bits per heavy atom. The molecule has 0 aromatic heterocycles. The summed E-state index contributed by atoms with van der Waals surface area (Å²) < 4.78 is 27.7. The Bertz CT molecular complexity index is 741. The third kappa shape index (κ3) is 8.54. The van der Waals surface area contributed by atoms with Crippen LogP contribution < -0.4 is 4.72 Å². The first kappa shape index (κ1) is 21.4. The molecule has 2 rings (SSSR count). The van der Waals surface area contributed by atoms with Gasteiger partial charge in [-0.3, -0.25) is 4.79 Å². The molecule has 0 bridgehead atoms. The number of carboxylic acid groups (broad SMARTS) is 1. The van der Waals surface area contributed by atoms with Gasteiger partial charge in [0.1, 0.15) is 0 Å². The second kappa shape index (κ2) is 11.0. The van der Waals surface area contributed by atoms with Crippen molar-refractivity contribution in [2.24, 2.45) is 5.92 Å². The van der Waals surface area contributed by atoms with Crippen molar-refractivity contribution in [1.82, 2.24) is 4.72 Å². The SMILES string of the molecule is O=C(O)CCC/C=C/CC1CCCCC1NS(=O)(=O)/C=C/c1ccccc1. The quantitative estimate of drug-likeness (QED) is 0.459. The predicted molar refractivity (Wildman–Crippen MR) is 109 cm³/mol. The first-order chi connectivity index (χ1) is 13.0. The monoisotopic (exact) mass is 391 g/mol. The number of nitrogens with one attached hydrogen (secondary N) is 1. The highest BCUT2D eigenvalue weighted by Gasteiger charge is 2.27. The van der Waals surface area contributed by atoms with Gasteiger partial charge in [0.2, 0.25) is 10.0 Å². The van der Waals surface area contributed by atoms with Gasteiger partial charge in [-0.05, 0) is 49.7 Å². The van der Waals surface area contributed by atoms with Crippen LogP contribution in [0.25, 0.3) is 6.08 Å². The Hall–Kier alpha value is -1.92. The van der Waals surface area contributed by atoms with Crippen LogP contribution in [0.2, 0.25) is 0 Å². The molecule has 0 heterocycles. The van der Waals surface area contributed by atoms with Crippen molar-refractivity contribution in [2.45, 2.75) is 57.4 Å². The minimum absolute atomic E-state index is 0.0483. The number of carbonyl (C=O) groups is 1. The van der Waals surface area contributed by atoms with E-state index in [0.29, 0.717) is 6.42 Å². The second-order valence-corrected chi connectivity index (χ2v) is 8.62. The zero-order valence-electron chi connectivity index (χ0n) is 15.6. The topological polar surface area (TPSA) is 83.5 Å². The van der Waals surface area contributed by atoms with Gasteiger partial charge in [0, 0.05) is 17.9 Å². The summed E-state index contributed by atoms with van der Waals surface area (Å²) in [6.45, 7) is 0. The summed E-state index contributed by atoms with van der Waals surface area (Å²) in [6.07, 6.45) is 12.1. The van der Waals surface area contributed by atoms with E-state index in [0.717, 1.165) is 44.1 Å². The van der Waals surface area contributed by atoms with Gasteiger partial charge >= 0.3 is 5.97 Å². The average molecular weight is 392 g/mol. The highest BCUT2D eigenvalue weighted by Crippen LogP contribution is 2.28. The maximum absolute atomic E-state index is 12.4. The maximum atomic E-state index is 12.4. The van der Waals surface area contributed by atoms with Crippen LogP contribution in [-0.2, 0) is 14.8 Å². The summed E-state index contributed by atoms with van der Waals surface area (Å²) in [4.78, 5) is 10.5. The van der Waals surface area contributed by atoms with Crippen LogP contribution >= 0.6 is 0 Å². The second-order valence-electron chi connectivity index (χ2n) is 7.02. The van der Waals surface area contributed by atoms with Crippen molar-refractivity contribution < 1.29 is 18.3 Å². The number of hydrogen-bond donors (Lipinski definition) is 2. The van der Waals surface area contributed by atoms with Crippen LogP contribution in [0.15, 0.2) is 47.9 Å². The Labute approximate surface area is 162 Å². The summed E-state index contributed by atoms with van der Waals surface area (Å²) in [5, 5.41) is 9.88. The number of sulfonamides is 1. The Balaban J connectivity index is 1.87. The van der Waals surface area contributed by atoms with Crippen LogP contribution in [0.1, 0.15) is 56.9 Å². The van der Waals surface area contributed by atoms with E-state index >= 15 is 0 Å². The fraction of sp³-hybridized carbons (Fsp3) is 0.476. The highest BCUT2D eigenvalue weighted by molar-refractivity contribution is 7.92. The van der Waals surface area contributed by atoms with E-state index in [1.54, 1.807) is 6.08 Å². The Morgan fingerprint density at radius 3 is 2.63 bits per heavy atom. The number of benzene rings is 1. The molecule has 1 aromatic rings. The number of hydrogen-bond acceptors (Lipinski definition) is 3. The van der Waals surface area contributed by atoms with Gasteiger partial charge in [0.25, 0.3) is 0 Å². The van der Waals surface area contributed by atoms with Gasteiger partial charge in [-0.2, -0.15) is 0 Å². The summed E-state index contributed by atoms with van der Waals surface area (Å²) in [6, 6.07) is 9.33. The summed E-state index contributed by atoms with van der Waals surface area (Å²) in [7, 11) is -3.48. The Morgan fingerprint density at radius 2 is 1.89 bits per heavy atom. The lowest BCUT2D eigenvalue weighted by molar-refractivity contribution is -0.137. The van der Waals surface area contributed by atoms with E-state index in [1.165, 1.54) is 5.41 Å². The summed E-state index contributed by atoms with van der Waals surface area (Å²) >= 11 is 0. The van der Waals surface area contributed by atoms with Crippen molar-refractivity contribution in [3.05, 3.63) is 53.5 Å². The van der Waals surface area contributed by atoms with Crippen LogP contribution in [0.3, 0.4) is 0 Å². The molecular weight excluding hydrogens is 362 g/mol. The molecule has 0 amide bonds. The molecule has 1 aliphatic carbocycles. The molecule has 27 heavy (non-hydrogen) atoms. The third-order valence-corrected chi connectivity index (χ3v) is 5.96. The molecule has 0 radical (unpaired) electrons. The molecule has 0 spiro atoms. The predicted octanol–water partition coefficient (Wildman–Crippen LogP) is 4.34. The van der Waals surface area contributed by atoms with Gasteiger partial charge in [-0.15, -0.1) is 0 Å². The van der Waals surface area contributed by atoms with Crippen molar-refractivity contribution in [3.8, 4) is 0 Å². The lowest BCUT2D eigenvalue weighted by Gasteiger charge is -2.31. The largest absolute Gasteiger partial charge is 0.481 e. The van der Waals surface area contributed by atoms with Crippen LogP contribution in [-0.4, -0.2) is 25.5 Å². The van der Waals surface area contributed by atoms with Crippen LogP contribution in [0.5, 0.6) is 0 Å². The van der Waals surface area contributed by atoms with E-state index < -0.39 is 16.0 Å². The molecule has 1 fully saturated rings. The number of aliphatic carboxylic acids is 1. The van der Waals surface area contributed by atoms with E-state index in [2.05, 4.69) is 10.8 Å². The first-order valence-corrected chi connectivity index (χ1v) is 11.1. The number of rotatable bonds is 10. The van der Waals surface area contributed by atoms with Gasteiger partial charge in [-0.1, -0.05) is 55.3 Å². The molecule has 2 atom stereocenters. The smallest absolute Gasteiger partial charge is 0.303 e. The molecule has 1 aromatic carbocycles. The Kier molecular flexibility index (Phi) is 8.75. The zero-order chi connectivity index (χ0) is 19.5. The molecule has 1 aliphatic rings. The molecule has 1 saturated carbocycles. The minimum atomic E-state index is -3.48. The minimum Gasteiger partial charge on any atom is -0.481 e. The van der Waals surface area contributed by atoms with Crippen molar-refractivity contribution in [2.75, 3.05) is 0 Å². The standard InChI is InChI=1S/C21H29NO4S/c23-21(24)15-7-2-1-6-12-19-13-8-9-14-20(19)22-27(25,26)17-16-18-10-4-3-5-11-18/h1,3-6,10-11,16-17,19-20,22H,2,7-9,12-15H2,(H,23,24)/b6-1+,17-16+. The van der Waals surface area contributed by atoms with Crippen molar-refractivity contribution in [3.63, 3.8) is 0 Å². The molecule has 148 valence electrons. The number of unbranched alkanes of at least 4 members (excludes halogenated alkanes) is 1. The van der Waals surface area contributed by atoms with E-state index in [-0.39, 0.29) is 18.4 Å². The highest BCUT2D eigenvalue weighted by atomic mass is 32.2. The molecule has 2 unspecified atom stereocenters. The molecule has 2 N–H and O–H groups in total. The zero-order valence-corrected chi connectivity index (χ0v) is 16.4. The van der Waals surface area contributed by atoms with Crippen LogP contribution in [0.4, 0.5) is 0 Å². The molecular formula is C21H29NO4S. The molecule has 6 heteroatoms.